The Bertz CT molecular complexity index is 483. The molecule has 3 N–H and O–H groups in total. The first-order valence-electron chi connectivity index (χ1n) is 8.27. The minimum atomic E-state index is 0. The highest BCUT2D eigenvalue weighted by Crippen LogP contribution is 2.16. The molecule has 0 spiro atoms. The highest BCUT2D eigenvalue weighted by molar-refractivity contribution is 9.10. The summed E-state index contributed by atoms with van der Waals surface area (Å²) in [6.45, 7) is 4.19. The number of nitrogens with two attached hydrogens (primary N) is 1. The molecule has 2 rings (SSSR count). The highest BCUT2D eigenvalue weighted by atomic mass is 79.9. The van der Waals surface area contributed by atoms with Crippen LogP contribution in [0.1, 0.15) is 25.7 Å². The Morgan fingerprint density at radius 2 is 1.88 bits per heavy atom. The Balaban J connectivity index is 0.00000288. The minimum Gasteiger partial charge on any atom is -0.492 e. The predicted molar refractivity (Wildman–Crippen MR) is 110 cm³/mol. The van der Waals surface area contributed by atoms with Gasteiger partial charge in [0.1, 0.15) is 12.4 Å². The highest BCUT2D eigenvalue weighted by Gasteiger charge is 2.20. The molecule has 1 aromatic rings. The summed E-state index contributed by atoms with van der Waals surface area (Å²) in [6, 6.07) is 8.20. The summed E-state index contributed by atoms with van der Waals surface area (Å²) in [4.78, 5) is 14.1. The van der Waals surface area contributed by atoms with Gasteiger partial charge in [-0.1, -0.05) is 15.9 Å². The van der Waals surface area contributed by atoms with Crippen molar-refractivity contribution in [2.75, 3.05) is 32.8 Å². The molecule has 0 aliphatic carbocycles. The molecule has 5 nitrogen and oxygen atoms in total. The number of likely N-dealkylation sites (tertiary alicyclic amines) is 1. The quantitative estimate of drug-likeness (QED) is 0.630. The number of carbonyl (C=O) groups excluding carboxylic acids is 1. The molecule has 1 saturated heterocycles. The number of nitrogens with zero attached hydrogens (tertiary/aromatic N) is 1. The molecule has 0 unspecified atom stereocenters. The van der Waals surface area contributed by atoms with Crippen LogP contribution in [0, 0.1) is 0 Å². The lowest BCUT2D eigenvalue weighted by Crippen LogP contribution is -2.45. The zero-order chi connectivity index (χ0) is 16.5. The fourth-order valence-corrected chi connectivity index (χ4v) is 2.95. The number of hydrogen-bond donors (Lipinski definition) is 2. The van der Waals surface area contributed by atoms with Crippen molar-refractivity contribution >= 4 is 46.7 Å². The van der Waals surface area contributed by atoms with Crippen molar-refractivity contribution in [3.8, 4) is 5.75 Å². The lowest BCUT2D eigenvalue weighted by Gasteiger charge is -2.32. The second kappa shape index (κ2) is 13.6. The number of rotatable bonds is 8. The van der Waals surface area contributed by atoms with E-state index in [9.17, 15) is 4.79 Å². The number of carbonyl (C=O) groups is 1. The van der Waals surface area contributed by atoms with Crippen LogP contribution in [0.25, 0.3) is 0 Å². The molecule has 1 fully saturated rings. The molecule has 1 aliphatic rings. The maximum atomic E-state index is 11.7. The van der Waals surface area contributed by atoms with E-state index in [0.717, 1.165) is 49.1 Å². The van der Waals surface area contributed by atoms with Crippen molar-refractivity contribution in [3.63, 3.8) is 0 Å². The first-order chi connectivity index (χ1) is 11.2. The number of ether oxygens (including phenoxy) is 1. The van der Waals surface area contributed by atoms with Gasteiger partial charge in [0.05, 0.1) is 0 Å². The second-order valence-electron chi connectivity index (χ2n) is 5.88. The molecular formula is C17H28BrCl2N3O2. The SMILES string of the molecule is Cl.Cl.NCCCC(=O)NC1CCN(CCOc2ccc(Br)cc2)CC1. The topological polar surface area (TPSA) is 67.6 Å². The third-order valence-electron chi connectivity index (χ3n) is 4.05. The average molecular weight is 457 g/mol. The summed E-state index contributed by atoms with van der Waals surface area (Å²) < 4.78 is 6.81. The van der Waals surface area contributed by atoms with Crippen molar-refractivity contribution in [3.05, 3.63) is 28.7 Å². The number of benzene rings is 1. The van der Waals surface area contributed by atoms with Gasteiger partial charge in [-0.25, -0.2) is 0 Å². The number of nitrogens with one attached hydrogen (secondary N) is 1. The van der Waals surface area contributed by atoms with E-state index in [1.165, 1.54) is 0 Å². The molecule has 0 bridgehead atoms. The van der Waals surface area contributed by atoms with Gasteiger partial charge in [-0.05, 0) is 50.1 Å². The summed E-state index contributed by atoms with van der Waals surface area (Å²) in [5.74, 6) is 1.03. The summed E-state index contributed by atoms with van der Waals surface area (Å²) in [6.07, 6.45) is 3.31. The standard InChI is InChI=1S/C17H26BrN3O2.2ClH/c18-14-3-5-16(6-4-14)23-13-12-21-10-7-15(8-11-21)20-17(22)2-1-9-19;;/h3-6,15H,1-2,7-13,19H2,(H,20,22);2*1H. The van der Waals surface area contributed by atoms with E-state index in [2.05, 4.69) is 26.1 Å². The predicted octanol–water partition coefficient (Wildman–Crippen LogP) is 2.99. The van der Waals surface area contributed by atoms with Crippen molar-refractivity contribution in [2.24, 2.45) is 5.73 Å². The van der Waals surface area contributed by atoms with Gasteiger partial charge in [-0.2, -0.15) is 0 Å². The monoisotopic (exact) mass is 455 g/mol. The molecule has 8 heteroatoms. The van der Waals surface area contributed by atoms with Crippen LogP contribution in [0.15, 0.2) is 28.7 Å². The first-order valence-corrected chi connectivity index (χ1v) is 9.07. The molecule has 1 amide bonds. The van der Waals surface area contributed by atoms with Gasteiger partial charge in [0.15, 0.2) is 0 Å². The zero-order valence-electron chi connectivity index (χ0n) is 14.3. The maximum Gasteiger partial charge on any atom is 0.220 e. The van der Waals surface area contributed by atoms with Gasteiger partial charge in [-0.3, -0.25) is 9.69 Å². The molecular weight excluding hydrogens is 429 g/mol. The van der Waals surface area contributed by atoms with E-state index < -0.39 is 0 Å². The molecule has 0 aromatic heterocycles. The summed E-state index contributed by atoms with van der Waals surface area (Å²) in [5.41, 5.74) is 5.42. The van der Waals surface area contributed by atoms with Crippen LogP contribution in [-0.4, -0.2) is 49.6 Å². The Labute approximate surface area is 171 Å². The Morgan fingerprint density at radius 3 is 2.48 bits per heavy atom. The van der Waals surface area contributed by atoms with Crippen LogP contribution in [0.2, 0.25) is 0 Å². The number of amides is 1. The Hall–Kier alpha value is -0.530. The second-order valence-corrected chi connectivity index (χ2v) is 6.79. The van der Waals surface area contributed by atoms with Crippen molar-refractivity contribution in [1.29, 1.82) is 0 Å². The molecule has 1 aliphatic heterocycles. The first kappa shape index (κ1) is 24.5. The third kappa shape index (κ3) is 9.66. The lowest BCUT2D eigenvalue weighted by atomic mass is 10.0. The van der Waals surface area contributed by atoms with Crippen molar-refractivity contribution < 1.29 is 9.53 Å². The van der Waals surface area contributed by atoms with Gasteiger partial charge in [0.2, 0.25) is 5.91 Å². The summed E-state index contributed by atoms with van der Waals surface area (Å²) >= 11 is 3.41. The van der Waals surface area contributed by atoms with Crippen LogP contribution < -0.4 is 15.8 Å². The van der Waals surface area contributed by atoms with Crippen LogP contribution in [0.5, 0.6) is 5.75 Å². The fourth-order valence-electron chi connectivity index (χ4n) is 2.69. The van der Waals surface area contributed by atoms with Crippen LogP contribution in [0.4, 0.5) is 0 Å². The zero-order valence-corrected chi connectivity index (χ0v) is 17.5. The normalized spacial score (nSPS) is 15.0. The van der Waals surface area contributed by atoms with E-state index in [0.29, 0.717) is 25.6 Å². The number of hydrogen-bond acceptors (Lipinski definition) is 4. The van der Waals surface area contributed by atoms with Crippen molar-refractivity contribution in [1.82, 2.24) is 10.2 Å². The molecule has 1 heterocycles. The van der Waals surface area contributed by atoms with E-state index >= 15 is 0 Å². The molecule has 144 valence electrons. The Morgan fingerprint density at radius 1 is 1.24 bits per heavy atom. The third-order valence-corrected chi connectivity index (χ3v) is 4.58. The molecule has 0 saturated carbocycles. The van der Waals surface area contributed by atoms with Gasteiger partial charge in [-0.15, -0.1) is 24.8 Å². The number of halogens is 3. The van der Waals surface area contributed by atoms with E-state index in [1.807, 2.05) is 24.3 Å². The van der Waals surface area contributed by atoms with Crippen molar-refractivity contribution in [2.45, 2.75) is 31.7 Å². The van der Waals surface area contributed by atoms with E-state index in [4.69, 9.17) is 10.5 Å². The molecule has 0 radical (unpaired) electrons. The average Bonchev–Trinajstić information content (AvgIpc) is 2.56. The van der Waals surface area contributed by atoms with Crippen LogP contribution in [0.3, 0.4) is 0 Å². The summed E-state index contributed by atoms with van der Waals surface area (Å²) in [7, 11) is 0. The van der Waals surface area contributed by atoms with Crippen LogP contribution >= 0.6 is 40.7 Å². The van der Waals surface area contributed by atoms with Gasteiger partial charge >= 0.3 is 0 Å². The van der Waals surface area contributed by atoms with Crippen LogP contribution in [-0.2, 0) is 4.79 Å². The minimum absolute atomic E-state index is 0. The molecule has 25 heavy (non-hydrogen) atoms. The lowest BCUT2D eigenvalue weighted by molar-refractivity contribution is -0.122. The number of piperidine rings is 1. The fraction of sp³-hybridized carbons (Fsp3) is 0.588. The Kier molecular flexibility index (Phi) is 13.4. The van der Waals surface area contributed by atoms with Gasteiger partial charge < -0.3 is 15.8 Å². The van der Waals surface area contributed by atoms with Gasteiger partial charge in [0.25, 0.3) is 0 Å². The molecule has 0 atom stereocenters. The largest absolute Gasteiger partial charge is 0.492 e. The van der Waals surface area contributed by atoms with Gasteiger partial charge in [0, 0.05) is 36.6 Å². The maximum absolute atomic E-state index is 11.7. The van der Waals surface area contributed by atoms with E-state index in [-0.39, 0.29) is 30.7 Å². The smallest absolute Gasteiger partial charge is 0.220 e. The molecule has 1 aromatic carbocycles. The van der Waals surface area contributed by atoms with E-state index in [1.54, 1.807) is 0 Å². The summed E-state index contributed by atoms with van der Waals surface area (Å²) in [5, 5.41) is 3.10.